The second-order valence-corrected chi connectivity index (χ2v) is 8.44. The molecular weight excluding hydrogens is 431 g/mol. The van der Waals surface area contributed by atoms with Gasteiger partial charge in [-0.2, -0.15) is 4.68 Å². The molecule has 0 saturated carbocycles. The summed E-state index contributed by atoms with van der Waals surface area (Å²) in [5.74, 6) is -0.676. The monoisotopic (exact) mass is 454 g/mol. The molecule has 2 aromatic carbocycles. The Morgan fingerprint density at radius 3 is 2.70 bits per heavy atom. The number of rotatable bonds is 5. The summed E-state index contributed by atoms with van der Waals surface area (Å²) in [5.41, 5.74) is 0.126. The molecule has 0 radical (unpaired) electrons. The van der Waals surface area contributed by atoms with Crippen molar-refractivity contribution in [2.75, 3.05) is 19.0 Å². The van der Waals surface area contributed by atoms with E-state index in [4.69, 9.17) is 9.47 Å². The fourth-order valence-electron chi connectivity index (χ4n) is 3.71. The highest BCUT2D eigenvalue weighted by atomic mass is 19.1. The lowest BCUT2D eigenvalue weighted by atomic mass is 9.86. The predicted molar refractivity (Wildman–Crippen MR) is 119 cm³/mol. The van der Waals surface area contributed by atoms with Gasteiger partial charge in [0.2, 0.25) is 5.91 Å². The Morgan fingerprint density at radius 1 is 1.24 bits per heavy atom. The lowest BCUT2D eigenvalue weighted by molar-refractivity contribution is -0.114. The molecule has 0 atom stereocenters. The molecule has 10 heteroatoms. The molecule has 0 fully saturated rings. The maximum atomic E-state index is 14.1. The van der Waals surface area contributed by atoms with Gasteiger partial charge in [-0.3, -0.25) is 9.59 Å². The van der Waals surface area contributed by atoms with Crippen LogP contribution in [0.2, 0.25) is 0 Å². The van der Waals surface area contributed by atoms with Crippen LogP contribution < -0.4 is 26.0 Å². The Morgan fingerprint density at radius 2 is 2.00 bits per heavy atom. The van der Waals surface area contributed by atoms with Crippen LogP contribution in [-0.4, -0.2) is 34.0 Å². The van der Waals surface area contributed by atoms with Gasteiger partial charge in [0.15, 0.2) is 0 Å². The molecule has 172 valence electrons. The first-order valence-electron chi connectivity index (χ1n) is 10.2. The van der Waals surface area contributed by atoms with E-state index in [1.54, 1.807) is 6.07 Å². The van der Waals surface area contributed by atoms with E-state index in [2.05, 4.69) is 24.3 Å². The minimum absolute atomic E-state index is 0.0281. The number of nitrogens with one attached hydrogen (secondary N) is 1. The first-order valence-corrected chi connectivity index (χ1v) is 10.2. The number of amides is 1. The highest BCUT2D eigenvalue weighted by molar-refractivity contribution is 5.89. The molecule has 0 aliphatic carbocycles. The number of nitrogens with zero attached hydrogens (tertiary/aromatic N) is 3. The topological polar surface area (TPSA) is 104 Å². The summed E-state index contributed by atoms with van der Waals surface area (Å²) in [7, 11) is 1.27. The molecule has 0 bridgehead atoms. The molecule has 1 aliphatic rings. The third kappa shape index (κ3) is 4.11. The largest absolute Gasteiger partial charge is 0.492 e. The highest BCUT2D eigenvalue weighted by Crippen LogP contribution is 2.38. The van der Waals surface area contributed by atoms with Crippen LogP contribution in [0, 0.1) is 5.82 Å². The van der Waals surface area contributed by atoms with Gasteiger partial charge in [0.1, 0.15) is 11.6 Å². The summed E-state index contributed by atoms with van der Waals surface area (Å²) in [6.07, 6.45) is 0. The second-order valence-electron chi connectivity index (χ2n) is 8.44. The van der Waals surface area contributed by atoms with Crippen LogP contribution in [-0.2, 0) is 16.8 Å². The third-order valence-electron chi connectivity index (χ3n) is 5.43. The minimum atomic E-state index is -0.739. The molecule has 3 aromatic rings. The summed E-state index contributed by atoms with van der Waals surface area (Å²) in [4.78, 5) is 37.5. The van der Waals surface area contributed by atoms with Gasteiger partial charge in [0, 0.05) is 17.9 Å². The SMILES string of the molecule is COc1nn(-c2ccc(F)c(NC(C)=O)c2)c(=O)n(Cc2ccc3c(c2)C(C)(C)CO3)c1=O. The van der Waals surface area contributed by atoms with Crippen molar-refractivity contribution in [3.63, 3.8) is 0 Å². The number of hydrogen-bond donors (Lipinski definition) is 1. The van der Waals surface area contributed by atoms with Crippen LogP contribution >= 0.6 is 0 Å². The van der Waals surface area contributed by atoms with Crippen LogP contribution in [0.4, 0.5) is 10.1 Å². The van der Waals surface area contributed by atoms with Crippen molar-refractivity contribution in [3.05, 3.63) is 74.2 Å². The molecule has 1 N–H and O–H groups in total. The third-order valence-corrected chi connectivity index (χ3v) is 5.43. The van der Waals surface area contributed by atoms with E-state index in [1.807, 2.05) is 12.1 Å². The Balaban J connectivity index is 1.82. The number of halogens is 1. The number of fused-ring (bicyclic) bond motifs is 1. The lowest BCUT2D eigenvalue weighted by Crippen LogP contribution is -2.41. The molecule has 0 unspecified atom stereocenters. The quantitative estimate of drug-likeness (QED) is 0.634. The first kappa shape index (κ1) is 22.3. The van der Waals surface area contributed by atoms with E-state index in [0.717, 1.165) is 32.2 Å². The van der Waals surface area contributed by atoms with Crippen molar-refractivity contribution >= 4 is 11.6 Å². The van der Waals surface area contributed by atoms with E-state index in [0.29, 0.717) is 6.61 Å². The zero-order chi connectivity index (χ0) is 23.9. The average molecular weight is 454 g/mol. The molecular formula is C23H23FN4O5. The van der Waals surface area contributed by atoms with Crippen molar-refractivity contribution in [2.24, 2.45) is 0 Å². The van der Waals surface area contributed by atoms with E-state index >= 15 is 0 Å². The number of carbonyl (C=O) groups excluding carboxylic acids is 1. The van der Waals surface area contributed by atoms with E-state index < -0.39 is 23.0 Å². The van der Waals surface area contributed by atoms with Gasteiger partial charge in [0.05, 0.1) is 31.6 Å². The summed E-state index contributed by atoms with van der Waals surface area (Å²) < 4.78 is 26.8. The average Bonchev–Trinajstić information content (AvgIpc) is 3.07. The van der Waals surface area contributed by atoms with Gasteiger partial charge >= 0.3 is 11.2 Å². The number of carbonyl (C=O) groups is 1. The van der Waals surface area contributed by atoms with Gasteiger partial charge in [-0.15, -0.1) is 5.10 Å². The maximum Gasteiger partial charge on any atom is 0.352 e. The molecule has 2 heterocycles. The van der Waals surface area contributed by atoms with Crippen LogP contribution in [0.3, 0.4) is 0 Å². The number of aromatic nitrogens is 3. The van der Waals surface area contributed by atoms with E-state index in [1.165, 1.54) is 26.2 Å². The zero-order valence-electron chi connectivity index (χ0n) is 18.6. The van der Waals surface area contributed by atoms with Crippen LogP contribution in [0.1, 0.15) is 31.9 Å². The fraction of sp³-hybridized carbons (Fsp3) is 0.304. The van der Waals surface area contributed by atoms with Crippen LogP contribution in [0.25, 0.3) is 5.69 Å². The molecule has 1 aliphatic heterocycles. The van der Waals surface area contributed by atoms with E-state index in [-0.39, 0.29) is 29.2 Å². The Labute approximate surface area is 188 Å². The van der Waals surface area contributed by atoms with Crippen molar-refractivity contribution in [1.82, 2.24) is 14.3 Å². The number of ether oxygens (including phenoxy) is 2. The van der Waals surface area contributed by atoms with Gasteiger partial charge in [-0.05, 0) is 35.9 Å². The summed E-state index contributed by atoms with van der Waals surface area (Å²) >= 11 is 0. The fourth-order valence-corrected chi connectivity index (χ4v) is 3.71. The summed E-state index contributed by atoms with van der Waals surface area (Å²) in [6, 6.07) is 9.20. The Hall–Kier alpha value is -3.95. The number of hydrogen-bond acceptors (Lipinski definition) is 6. The van der Waals surface area contributed by atoms with Crippen molar-refractivity contribution < 1.29 is 18.7 Å². The standard InChI is InChI=1S/C23H23FN4O5/c1-13(29)25-18-10-15(6-7-17(18)24)28-22(31)27(21(30)20(26-28)32-4)11-14-5-8-19-16(9-14)23(2,3)12-33-19/h5-10H,11-12H2,1-4H3,(H,25,29). The normalized spacial score (nSPS) is 13.8. The molecule has 1 aromatic heterocycles. The molecule has 33 heavy (non-hydrogen) atoms. The van der Waals surface area contributed by atoms with Crippen LogP contribution in [0.5, 0.6) is 11.6 Å². The van der Waals surface area contributed by atoms with Crippen molar-refractivity contribution in [3.8, 4) is 17.3 Å². The molecule has 4 rings (SSSR count). The van der Waals surface area contributed by atoms with Gasteiger partial charge in [0.25, 0.3) is 5.88 Å². The Kier molecular flexibility index (Phi) is 5.52. The minimum Gasteiger partial charge on any atom is -0.492 e. The van der Waals surface area contributed by atoms with Gasteiger partial charge < -0.3 is 14.8 Å². The number of methoxy groups -OCH3 is 1. The Bertz CT molecular complexity index is 1380. The maximum absolute atomic E-state index is 14.1. The van der Waals surface area contributed by atoms with Crippen molar-refractivity contribution in [1.29, 1.82) is 0 Å². The number of anilines is 1. The molecule has 0 spiro atoms. The molecule has 9 nitrogen and oxygen atoms in total. The molecule has 0 saturated heterocycles. The summed E-state index contributed by atoms with van der Waals surface area (Å²) in [6.45, 7) is 5.86. The van der Waals surface area contributed by atoms with Gasteiger partial charge in [-0.25, -0.2) is 13.8 Å². The smallest absolute Gasteiger partial charge is 0.352 e. The van der Waals surface area contributed by atoms with Crippen molar-refractivity contribution in [2.45, 2.75) is 32.7 Å². The summed E-state index contributed by atoms with van der Waals surface area (Å²) in [5, 5.41) is 6.35. The second kappa shape index (κ2) is 8.19. The zero-order valence-corrected chi connectivity index (χ0v) is 18.6. The van der Waals surface area contributed by atoms with Crippen LogP contribution in [0.15, 0.2) is 46.0 Å². The number of benzene rings is 2. The predicted octanol–water partition coefficient (Wildman–Crippen LogP) is 2.22. The lowest BCUT2D eigenvalue weighted by Gasteiger charge is -2.16. The van der Waals surface area contributed by atoms with E-state index in [9.17, 15) is 18.8 Å². The molecule has 1 amide bonds. The first-order chi connectivity index (χ1) is 15.6. The van der Waals surface area contributed by atoms with Gasteiger partial charge in [-0.1, -0.05) is 19.9 Å². The highest BCUT2D eigenvalue weighted by Gasteiger charge is 2.32.